The predicted octanol–water partition coefficient (Wildman–Crippen LogP) is 2.13. The van der Waals surface area contributed by atoms with E-state index in [1.165, 1.54) is 6.21 Å². The molecule has 0 spiro atoms. The minimum absolute atomic E-state index is 0.202. The van der Waals surface area contributed by atoms with Gasteiger partial charge in [0.15, 0.2) is 5.92 Å². The first-order valence-corrected chi connectivity index (χ1v) is 6.11. The van der Waals surface area contributed by atoms with E-state index in [1.54, 1.807) is 26.0 Å². The molecule has 5 nitrogen and oxygen atoms in total. The first kappa shape index (κ1) is 14.9. The molecule has 0 heterocycles. The number of aliphatic imine (C=N–C) groups is 1. The number of carbonyl (C=O) groups is 2. The lowest BCUT2D eigenvalue weighted by molar-refractivity contribution is -0.157. The molecule has 0 N–H and O–H groups in total. The van der Waals surface area contributed by atoms with Crippen LogP contribution in [-0.4, -0.2) is 31.4 Å². The molecule has 0 atom stereocenters. The van der Waals surface area contributed by atoms with Gasteiger partial charge in [-0.1, -0.05) is 18.2 Å². The molecule has 0 amide bonds. The van der Waals surface area contributed by atoms with Gasteiger partial charge in [0.1, 0.15) is 0 Å². The number of ether oxygens (including phenoxy) is 2. The van der Waals surface area contributed by atoms with Crippen molar-refractivity contribution in [2.24, 2.45) is 10.9 Å². The number of benzene rings is 1. The van der Waals surface area contributed by atoms with Gasteiger partial charge in [0.2, 0.25) is 0 Å². The highest BCUT2D eigenvalue weighted by atomic mass is 16.6. The molecular formula is C14H17NO4. The van der Waals surface area contributed by atoms with E-state index < -0.39 is 17.9 Å². The monoisotopic (exact) mass is 263 g/mol. The predicted molar refractivity (Wildman–Crippen MR) is 71.4 cm³/mol. The van der Waals surface area contributed by atoms with Gasteiger partial charge in [0.25, 0.3) is 0 Å². The molecule has 102 valence electrons. The van der Waals surface area contributed by atoms with E-state index in [0.29, 0.717) is 5.69 Å². The van der Waals surface area contributed by atoms with Crippen molar-refractivity contribution in [2.75, 3.05) is 13.2 Å². The van der Waals surface area contributed by atoms with Crippen LogP contribution in [0.5, 0.6) is 0 Å². The molecule has 1 aromatic carbocycles. The molecule has 1 rings (SSSR count). The molecule has 0 aromatic heterocycles. The van der Waals surface area contributed by atoms with Crippen molar-refractivity contribution in [1.82, 2.24) is 0 Å². The number of para-hydroxylation sites is 1. The Morgan fingerprint density at radius 1 is 1.11 bits per heavy atom. The first-order chi connectivity index (χ1) is 9.19. The number of hydrogen-bond donors (Lipinski definition) is 0. The molecule has 19 heavy (non-hydrogen) atoms. The number of rotatable bonds is 6. The summed E-state index contributed by atoms with van der Waals surface area (Å²) in [5.74, 6) is -2.43. The van der Waals surface area contributed by atoms with Crippen LogP contribution in [0.2, 0.25) is 0 Å². The Kier molecular flexibility index (Phi) is 6.29. The van der Waals surface area contributed by atoms with Crippen LogP contribution in [0, 0.1) is 5.92 Å². The van der Waals surface area contributed by atoms with Crippen LogP contribution >= 0.6 is 0 Å². The van der Waals surface area contributed by atoms with Crippen LogP contribution in [0.3, 0.4) is 0 Å². The molecule has 5 heteroatoms. The zero-order valence-electron chi connectivity index (χ0n) is 11.0. The highest BCUT2D eigenvalue weighted by Gasteiger charge is 2.27. The van der Waals surface area contributed by atoms with Crippen LogP contribution in [0.1, 0.15) is 13.8 Å². The quantitative estimate of drug-likeness (QED) is 0.448. The summed E-state index contributed by atoms with van der Waals surface area (Å²) in [5, 5.41) is 0. The maximum absolute atomic E-state index is 11.7. The maximum Gasteiger partial charge on any atom is 0.325 e. The zero-order valence-corrected chi connectivity index (χ0v) is 11.0. The van der Waals surface area contributed by atoms with E-state index in [2.05, 4.69) is 4.99 Å². The van der Waals surface area contributed by atoms with Crippen molar-refractivity contribution in [3.05, 3.63) is 30.3 Å². The van der Waals surface area contributed by atoms with Gasteiger partial charge in [-0.05, 0) is 26.0 Å². The van der Waals surface area contributed by atoms with Gasteiger partial charge < -0.3 is 9.47 Å². The third kappa shape index (κ3) is 4.91. The summed E-state index contributed by atoms with van der Waals surface area (Å²) in [6.07, 6.45) is 1.26. The number of hydrogen-bond acceptors (Lipinski definition) is 5. The summed E-state index contributed by atoms with van der Waals surface area (Å²) in [7, 11) is 0. The Hall–Kier alpha value is -2.17. The Labute approximate surface area is 112 Å². The molecular weight excluding hydrogens is 246 g/mol. The molecule has 0 saturated heterocycles. The van der Waals surface area contributed by atoms with Crippen LogP contribution < -0.4 is 0 Å². The molecule has 0 unspecified atom stereocenters. The van der Waals surface area contributed by atoms with E-state index in [-0.39, 0.29) is 13.2 Å². The Morgan fingerprint density at radius 2 is 1.63 bits per heavy atom. The van der Waals surface area contributed by atoms with Crippen LogP contribution in [0.15, 0.2) is 35.3 Å². The van der Waals surface area contributed by atoms with E-state index >= 15 is 0 Å². The van der Waals surface area contributed by atoms with Gasteiger partial charge in [-0.3, -0.25) is 14.6 Å². The summed E-state index contributed by atoms with van der Waals surface area (Å²) in [5.41, 5.74) is 0.654. The fourth-order valence-electron chi connectivity index (χ4n) is 1.36. The summed E-state index contributed by atoms with van der Waals surface area (Å²) in [6, 6.07) is 9.02. The molecule has 0 bridgehead atoms. The minimum Gasteiger partial charge on any atom is -0.465 e. The van der Waals surface area contributed by atoms with Gasteiger partial charge in [-0.2, -0.15) is 0 Å². The summed E-state index contributed by atoms with van der Waals surface area (Å²) >= 11 is 0. The number of esters is 2. The Morgan fingerprint density at radius 3 is 2.11 bits per heavy atom. The molecule has 0 aliphatic rings. The second kappa shape index (κ2) is 8.02. The van der Waals surface area contributed by atoms with Gasteiger partial charge >= 0.3 is 11.9 Å². The van der Waals surface area contributed by atoms with Crippen molar-refractivity contribution >= 4 is 23.8 Å². The van der Waals surface area contributed by atoms with Crippen LogP contribution in [0.4, 0.5) is 5.69 Å². The van der Waals surface area contributed by atoms with Crippen molar-refractivity contribution in [2.45, 2.75) is 13.8 Å². The molecule has 0 aliphatic heterocycles. The second-order valence-corrected chi connectivity index (χ2v) is 3.60. The molecule has 0 aliphatic carbocycles. The lowest BCUT2D eigenvalue weighted by atomic mass is 10.1. The lowest BCUT2D eigenvalue weighted by Crippen LogP contribution is -2.29. The average Bonchev–Trinajstić information content (AvgIpc) is 2.41. The maximum atomic E-state index is 11.7. The van der Waals surface area contributed by atoms with Crippen molar-refractivity contribution in [1.29, 1.82) is 0 Å². The number of nitrogens with zero attached hydrogens (tertiary/aromatic N) is 1. The highest BCUT2D eigenvalue weighted by Crippen LogP contribution is 2.11. The summed E-state index contributed by atoms with van der Waals surface area (Å²) in [4.78, 5) is 27.4. The third-order valence-electron chi connectivity index (χ3n) is 2.21. The van der Waals surface area contributed by atoms with Crippen LogP contribution in [0.25, 0.3) is 0 Å². The van der Waals surface area contributed by atoms with Gasteiger partial charge in [0.05, 0.1) is 18.9 Å². The average molecular weight is 263 g/mol. The van der Waals surface area contributed by atoms with Crippen molar-refractivity contribution in [3.8, 4) is 0 Å². The van der Waals surface area contributed by atoms with E-state index in [1.807, 2.05) is 18.2 Å². The molecule has 1 aromatic rings. The topological polar surface area (TPSA) is 65.0 Å². The van der Waals surface area contributed by atoms with Gasteiger partial charge in [0, 0.05) is 6.21 Å². The highest BCUT2D eigenvalue weighted by molar-refractivity contribution is 6.09. The summed E-state index contributed by atoms with van der Waals surface area (Å²) < 4.78 is 9.66. The number of carbonyl (C=O) groups excluding carboxylic acids is 2. The minimum atomic E-state index is -1.12. The fraction of sp³-hybridized carbons (Fsp3) is 0.357. The molecule has 0 radical (unpaired) electrons. The van der Waals surface area contributed by atoms with Crippen molar-refractivity contribution < 1.29 is 19.1 Å². The largest absolute Gasteiger partial charge is 0.465 e. The standard InChI is InChI=1S/C14H17NO4/c1-3-18-13(16)12(14(17)19-4-2)10-15-11-8-6-5-7-9-11/h5-10,12H,3-4H2,1-2H3/b15-10+. The first-order valence-electron chi connectivity index (χ1n) is 6.11. The fourth-order valence-corrected chi connectivity index (χ4v) is 1.36. The normalized spacial score (nSPS) is 10.7. The SMILES string of the molecule is CCOC(=O)C(/C=N/c1ccccc1)C(=O)OCC. The van der Waals surface area contributed by atoms with Gasteiger partial charge in [-0.15, -0.1) is 0 Å². The van der Waals surface area contributed by atoms with Crippen molar-refractivity contribution in [3.63, 3.8) is 0 Å². The Balaban J connectivity index is 2.82. The summed E-state index contributed by atoms with van der Waals surface area (Å²) in [6.45, 7) is 3.75. The zero-order chi connectivity index (χ0) is 14.1. The molecule has 0 fully saturated rings. The van der Waals surface area contributed by atoms with E-state index in [4.69, 9.17) is 9.47 Å². The smallest absolute Gasteiger partial charge is 0.325 e. The lowest BCUT2D eigenvalue weighted by Gasteiger charge is -2.09. The van der Waals surface area contributed by atoms with Crippen LogP contribution in [-0.2, 0) is 19.1 Å². The van der Waals surface area contributed by atoms with E-state index in [9.17, 15) is 9.59 Å². The van der Waals surface area contributed by atoms with E-state index in [0.717, 1.165) is 0 Å². The Bertz CT molecular complexity index is 424. The van der Waals surface area contributed by atoms with Gasteiger partial charge in [-0.25, -0.2) is 0 Å². The second-order valence-electron chi connectivity index (χ2n) is 3.60. The molecule has 0 saturated carbocycles. The third-order valence-corrected chi connectivity index (χ3v) is 2.21.